The third-order valence-corrected chi connectivity index (χ3v) is 5.15. The van der Waals surface area contributed by atoms with Crippen LogP contribution in [0.2, 0.25) is 0 Å². The zero-order valence-corrected chi connectivity index (χ0v) is 15.9. The summed E-state index contributed by atoms with van der Waals surface area (Å²) in [5.74, 6) is 0.906. The molecule has 1 unspecified atom stereocenters. The number of methoxy groups -OCH3 is 1. The van der Waals surface area contributed by atoms with E-state index in [9.17, 15) is 9.90 Å². The van der Waals surface area contributed by atoms with Crippen molar-refractivity contribution in [1.82, 2.24) is 9.80 Å². The molecule has 1 N–H and O–H groups in total. The summed E-state index contributed by atoms with van der Waals surface area (Å²) in [6, 6.07) is 17.1. The van der Waals surface area contributed by atoms with Gasteiger partial charge in [0.1, 0.15) is 5.75 Å². The van der Waals surface area contributed by atoms with Crippen molar-refractivity contribution in [3.63, 3.8) is 0 Å². The smallest absolute Gasteiger partial charge is 0.176 e. The highest BCUT2D eigenvalue weighted by atomic mass is 16.5. The van der Waals surface area contributed by atoms with Crippen LogP contribution in [0, 0.1) is 0 Å². The van der Waals surface area contributed by atoms with Crippen molar-refractivity contribution in [3.05, 3.63) is 65.7 Å². The van der Waals surface area contributed by atoms with Crippen LogP contribution in [0.4, 0.5) is 0 Å². The molecule has 1 aliphatic rings. The van der Waals surface area contributed by atoms with Crippen LogP contribution >= 0.6 is 0 Å². The standard InChI is InChI=1S/C22H28N2O3/c1-27-20-9-7-19(8-10-20)22(26)17-24-15-13-23(14-16-24)12-11-21(25)18-5-3-2-4-6-18/h2-10,21,25H,11-17H2,1H3. The molecular weight excluding hydrogens is 340 g/mol. The van der Waals surface area contributed by atoms with Gasteiger partial charge >= 0.3 is 0 Å². The second-order valence-corrected chi connectivity index (χ2v) is 6.98. The van der Waals surface area contributed by atoms with Crippen LogP contribution in [0.15, 0.2) is 54.6 Å². The lowest BCUT2D eigenvalue weighted by Crippen LogP contribution is -2.48. The minimum absolute atomic E-state index is 0.144. The van der Waals surface area contributed by atoms with Crippen LogP contribution in [-0.4, -0.2) is 67.1 Å². The van der Waals surface area contributed by atoms with Gasteiger partial charge in [-0.05, 0) is 36.2 Å². The number of piperazine rings is 1. The van der Waals surface area contributed by atoms with Crippen LogP contribution in [0.5, 0.6) is 5.75 Å². The van der Waals surface area contributed by atoms with Gasteiger partial charge in [-0.2, -0.15) is 0 Å². The fraction of sp³-hybridized carbons (Fsp3) is 0.409. The van der Waals surface area contributed by atoms with Gasteiger partial charge in [-0.1, -0.05) is 30.3 Å². The van der Waals surface area contributed by atoms with E-state index in [0.717, 1.165) is 56.0 Å². The highest BCUT2D eigenvalue weighted by Gasteiger charge is 2.20. The van der Waals surface area contributed by atoms with E-state index in [2.05, 4.69) is 9.80 Å². The van der Waals surface area contributed by atoms with E-state index in [-0.39, 0.29) is 5.78 Å². The molecule has 0 bridgehead atoms. The van der Waals surface area contributed by atoms with Crippen molar-refractivity contribution < 1.29 is 14.6 Å². The lowest BCUT2D eigenvalue weighted by atomic mass is 10.1. The molecule has 5 heteroatoms. The lowest BCUT2D eigenvalue weighted by Gasteiger charge is -2.34. The number of nitrogens with zero attached hydrogens (tertiary/aromatic N) is 2. The van der Waals surface area contributed by atoms with Crippen molar-refractivity contribution in [2.75, 3.05) is 46.4 Å². The number of ether oxygens (including phenoxy) is 1. The number of rotatable bonds is 8. The molecule has 3 rings (SSSR count). The second-order valence-electron chi connectivity index (χ2n) is 6.98. The highest BCUT2D eigenvalue weighted by molar-refractivity contribution is 5.97. The van der Waals surface area contributed by atoms with Crippen molar-refractivity contribution in [3.8, 4) is 5.75 Å². The van der Waals surface area contributed by atoms with Crippen LogP contribution < -0.4 is 4.74 Å². The summed E-state index contributed by atoms with van der Waals surface area (Å²) in [5.41, 5.74) is 1.70. The summed E-state index contributed by atoms with van der Waals surface area (Å²) in [4.78, 5) is 17.0. The third-order valence-electron chi connectivity index (χ3n) is 5.15. The molecule has 1 fully saturated rings. The average Bonchev–Trinajstić information content (AvgIpc) is 2.73. The van der Waals surface area contributed by atoms with Crippen molar-refractivity contribution >= 4 is 5.78 Å². The van der Waals surface area contributed by atoms with E-state index in [1.54, 1.807) is 7.11 Å². The molecule has 0 spiro atoms. The van der Waals surface area contributed by atoms with Gasteiger partial charge < -0.3 is 14.7 Å². The molecule has 0 amide bonds. The first-order valence-electron chi connectivity index (χ1n) is 9.50. The van der Waals surface area contributed by atoms with Crippen molar-refractivity contribution in [2.24, 2.45) is 0 Å². The number of carbonyl (C=O) groups excluding carboxylic acids is 1. The zero-order chi connectivity index (χ0) is 19.1. The number of benzene rings is 2. The Morgan fingerprint density at radius 2 is 1.63 bits per heavy atom. The van der Waals surface area contributed by atoms with Gasteiger partial charge in [0, 0.05) is 38.3 Å². The van der Waals surface area contributed by atoms with Gasteiger partial charge in [-0.3, -0.25) is 9.69 Å². The fourth-order valence-electron chi connectivity index (χ4n) is 3.39. The van der Waals surface area contributed by atoms with Gasteiger partial charge in [0.25, 0.3) is 0 Å². The lowest BCUT2D eigenvalue weighted by molar-refractivity contribution is 0.0812. The third kappa shape index (κ3) is 5.63. The van der Waals surface area contributed by atoms with E-state index in [4.69, 9.17) is 4.74 Å². The summed E-state index contributed by atoms with van der Waals surface area (Å²) in [6.45, 7) is 4.94. The number of hydrogen-bond donors (Lipinski definition) is 1. The number of Topliss-reactive ketones (excluding diaryl/α,β-unsaturated/α-hetero) is 1. The molecule has 1 aliphatic heterocycles. The van der Waals surface area contributed by atoms with Gasteiger partial charge in [-0.25, -0.2) is 0 Å². The Morgan fingerprint density at radius 3 is 2.26 bits per heavy atom. The zero-order valence-electron chi connectivity index (χ0n) is 15.9. The molecule has 27 heavy (non-hydrogen) atoms. The Balaban J connectivity index is 1.40. The molecule has 1 atom stereocenters. The topological polar surface area (TPSA) is 53.0 Å². The van der Waals surface area contributed by atoms with Gasteiger partial charge in [0.05, 0.1) is 19.8 Å². The molecule has 0 aliphatic carbocycles. The van der Waals surface area contributed by atoms with Gasteiger partial charge in [0.2, 0.25) is 0 Å². The monoisotopic (exact) mass is 368 g/mol. The second kappa shape index (κ2) is 9.65. The Morgan fingerprint density at radius 1 is 1.00 bits per heavy atom. The summed E-state index contributed by atoms with van der Waals surface area (Å²) < 4.78 is 5.13. The largest absolute Gasteiger partial charge is 0.497 e. The molecule has 0 radical (unpaired) electrons. The Bertz CT molecular complexity index is 710. The predicted octanol–water partition coefficient (Wildman–Crippen LogP) is 2.62. The SMILES string of the molecule is COc1ccc(C(=O)CN2CCN(CCC(O)c3ccccc3)CC2)cc1. The van der Waals surface area contributed by atoms with Crippen molar-refractivity contribution in [2.45, 2.75) is 12.5 Å². The summed E-state index contributed by atoms with van der Waals surface area (Å²) in [5, 5.41) is 10.3. The fourth-order valence-corrected chi connectivity index (χ4v) is 3.39. The highest BCUT2D eigenvalue weighted by Crippen LogP contribution is 2.17. The Kier molecular flexibility index (Phi) is 6.98. The van der Waals surface area contributed by atoms with E-state index in [1.807, 2.05) is 54.6 Å². The molecule has 2 aromatic rings. The predicted molar refractivity (Wildman–Crippen MR) is 106 cm³/mol. The Hall–Kier alpha value is -2.21. The Labute approximate surface area is 161 Å². The van der Waals surface area contributed by atoms with Crippen LogP contribution in [-0.2, 0) is 0 Å². The minimum Gasteiger partial charge on any atom is -0.497 e. The molecule has 0 saturated carbocycles. The maximum absolute atomic E-state index is 12.4. The molecular formula is C22H28N2O3. The molecule has 1 saturated heterocycles. The quantitative estimate of drug-likeness (QED) is 0.726. The van der Waals surface area contributed by atoms with Crippen LogP contribution in [0.1, 0.15) is 28.4 Å². The molecule has 0 aromatic heterocycles. The minimum atomic E-state index is -0.416. The van der Waals surface area contributed by atoms with Crippen LogP contribution in [0.3, 0.4) is 0 Å². The molecule has 144 valence electrons. The summed E-state index contributed by atoms with van der Waals surface area (Å²) >= 11 is 0. The molecule has 2 aromatic carbocycles. The van der Waals surface area contributed by atoms with E-state index < -0.39 is 6.10 Å². The van der Waals surface area contributed by atoms with Crippen LogP contribution in [0.25, 0.3) is 0 Å². The van der Waals surface area contributed by atoms with E-state index in [1.165, 1.54) is 0 Å². The normalized spacial score (nSPS) is 16.8. The maximum atomic E-state index is 12.4. The number of aliphatic hydroxyl groups is 1. The number of ketones is 1. The van der Waals surface area contributed by atoms with E-state index in [0.29, 0.717) is 6.54 Å². The first-order chi connectivity index (χ1) is 13.2. The van der Waals surface area contributed by atoms with E-state index >= 15 is 0 Å². The number of hydrogen-bond acceptors (Lipinski definition) is 5. The van der Waals surface area contributed by atoms with Gasteiger partial charge in [0.15, 0.2) is 5.78 Å². The van der Waals surface area contributed by atoms with Crippen molar-refractivity contribution in [1.29, 1.82) is 0 Å². The maximum Gasteiger partial charge on any atom is 0.176 e. The summed E-state index contributed by atoms with van der Waals surface area (Å²) in [6.07, 6.45) is 0.315. The first-order valence-corrected chi connectivity index (χ1v) is 9.50. The first kappa shape index (κ1) is 19.5. The number of carbonyl (C=O) groups is 1. The molecule has 1 heterocycles. The van der Waals surface area contributed by atoms with Gasteiger partial charge in [-0.15, -0.1) is 0 Å². The molecule has 5 nitrogen and oxygen atoms in total. The average molecular weight is 368 g/mol. The number of aliphatic hydroxyl groups excluding tert-OH is 1. The summed E-state index contributed by atoms with van der Waals surface area (Å²) in [7, 11) is 1.62.